The van der Waals surface area contributed by atoms with Crippen LogP contribution in [-0.2, 0) is 39.3 Å². The van der Waals surface area contributed by atoms with Crippen molar-refractivity contribution in [3.05, 3.63) is 70.8 Å². The van der Waals surface area contributed by atoms with Crippen molar-refractivity contribution in [3.8, 4) is 0 Å². The standard InChI is InChI=1S/C34H55O4P.Na/c1-3-5-11-17-31-21-25-33(26-22-31)19-13-7-9-15-29-37-39(35,36)38-30-16-10-8-14-20-34-27-23-32(24-28-34)18-12-6-4-2;/h21-28H,3-20,29-30H2,1-2H3,(H,35,36);/q;+1/p-1. The second-order valence-corrected chi connectivity index (χ2v) is 12.4. The molecule has 0 aliphatic heterocycles. The van der Waals surface area contributed by atoms with E-state index in [1.165, 1.54) is 73.6 Å². The molecule has 0 radical (unpaired) electrons. The van der Waals surface area contributed by atoms with Crippen LogP contribution in [0.4, 0.5) is 0 Å². The van der Waals surface area contributed by atoms with Crippen LogP contribution < -0.4 is 34.5 Å². The van der Waals surface area contributed by atoms with Crippen molar-refractivity contribution >= 4 is 7.82 Å². The van der Waals surface area contributed by atoms with E-state index in [1.54, 1.807) is 0 Å². The molecule has 0 spiro atoms. The number of rotatable bonds is 24. The second-order valence-electron chi connectivity index (χ2n) is 11.0. The van der Waals surface area contributed by atoms with Gasteiger partial charge in [0.1, 0.15) is 0 Å². The Kier molecular flexibility index (Phi) is 22.6. The van der Waals surface area contributed by atoms with E-state index in [1.807, 2.05) is 0 Å². The number of unbranched alkanes of at least 4 members (excludes halogenated alkanes) is 10. The molecule has 0 aromatic heterocycles. The van der Waals surface area contributed by atoms with Gasteiger partial charge in [-0.05, 0) is 86.5 Å². The monoisotopic (exact) mass is 580 g/mol. The Hall–Kier alpha value is -0.450. The van der Waals surface area contributed by atoms with Gasteiger partial charge in [-0.2, -0.15) is 0 Å². The summed E-state index contributed by atoms with van der Waals surface area (Å²) in [5.41, 5.74) is 5.63. The number of phosphoric acid groups is 1. The van der Waals surface area contributed by atoms with Crippen LogP contribution in [0, 0.1) is 0 Å². The zero-order valence-electron chi connectivity index (χ0n) is 25.8. The van der Waals surface area contributed by atoms with Gasteiger partial charge in [0.25, 0.3) is 7.82 Å². The number of aryl methyl sites for hydroxylation is 4. The van der Waals surface area contributed by atoms with Crippen molar-refractivity contribution in [1.29, 1.82) is 0 Å². The molecule has 2 aromatic rings. The number of hydrogen-bond acceptors (Lipinski definition) is 4. The first-order valence-electron chi connectivity index (χ1n) is 15.8. The van der Waals surface area contributed by atoms with Gasteiger partial charge in [-0.25, -0.2) is 0 Å². The maximum Gasteiger partial charge on any atom is 1.00 e. The first-order chi connectivity index (χ1) is 19.0. The normalized spacial score (nSPS) is 11.5. The van der Waals surface area contributed by atoms with Crippen LogP contribution in [0.5, 0.6) is 0 Å². The van der Waals surface area contributed by atoms with Crippen molar-refractivity contribution in [3.63, 3.8) is 0 Å². The molecule has 0 aliphatic rings. The van der Waals surface area contributed by atoms with Crippen molar-refractivity contribution in [2.45, 2.75) is 129 Å². The first kappa shape index (κ1) is 37.6. The molecule has 0 saturated carbocycles. The third-order valence-electron chi connectivity index (χ3n) is 7.40. The van der Waals surface area contributed by atoms with Gasteiger partial charge in [0, 0.05) is 0 Å². The van der Waals surface area contributed by atoms with Gasteiger partial charge < -0.3 is 13.9 Å². The summed E-state index contributed by atoms with van der Waals surface area (Å²) in [5, 5.41) is 0. The zero-order chi connectivity index (χ0) is 28.0. The minimum absolute atomic E-state index is 0. The van der Waals surface area contributed by atoms with E-state index in [-0.39, 0.29) is 42.8 Å². The molecule has 0 fully saturated rings. The first-order valence-corrected chi connectivity index (χ1v) is 17.2. The van der Waals surface area contributed by atoms with E-state index in [0.29, 0.717) is 0 Å². The van der Waals surface area contributed by atoms with Crippen LogP contribution in [0.25, 0.3) is 0 Å². The van der Waals surface area contributed by atoms with Gasteiger partial charge in [-0.3, -0.25) is 4.57 Å². The molecule has 220 valence electrons. The predicted molar refractivity (Wildman–Crippen MR) is 163 cm³/mol. The van der Waals surface area contributed by atoms with Gasteiger partial charge >= 0.3 is 29.6 Å². The maximum atomic E-state index is 12.0. The molecule has 6 heteroatoms. The van der Waals surface area contributed by atoms with Gasteiger partial charge in [0.15, 0.2) is 0 Å². The van der Waals surface area contributed by atoms with Gasteiger partial charge in [0.2, 0.25) is 0 Å². The third-order valence-corrected chi connectivity index (χ3v) is 8.40. The summed E-state index contributed by atoms with van der Waals surface area (Å²) in [6.45, 7) is 4.90. The molecular weight excluding hydrogens is 526 g/mol. The van der Waals surface area contributed by atoms with Gasteiger partial charge in [-0.15, -0.1) is 0 Å². The van der Waals surface area contributed by atoms with Gasteiger partial charge in [0.05, 0.1) is 13.2 Å². The molecule has 0 N–H and O–H groups in total. The SMILES string of the molecule is CCCCCc1ccc(CCCCCCOP(=O)([O-])OCCCCCCc2ccc(CCCCC)cc2)cc1.[Na+]. The van der Waals surface area contributed by atoms with E-state index in [9.17, 15) is 9.46 Å². The molecule has 0 aliphatic carbocycles. The van der Waals surface area contributed by atoms with E-state index < -0.39 is 7.82 Å². The van der Waals surface area contributed by atoms with Crippen LogP contribution in [0.15, 0.2) is 48.5 Å². The van der Waals surface area contributed by atoms with Crippen LogP contribution in [-0.4, -0.2) is 13.2 Å². The fourth-order valence-electron chi connectivity index (χ4n) is 4.86. The van der Waals surface area contributed by atoms with E-state index >= 15 is 0 Å². The summed E-state index contributed by atoms with van der Waals surface area (Å²) in [6.07, 6.45) is 20.0. The Morgan fingerprint density at radius 2 is 0.775 bits per heavy atom. The fourth-order valence-corrected chi connectivity index (χ4v) is 5.64. The zero-order valence-corrected chi connectivity index (χ0v) is 28.7. The van der Waals surface area contributed by atoms with E-state index in [0.717, 1.165) is 64.2 Å². The molecule has 0 bridgehead atoms. The van der Waals surface area contributed by atoms with E-state index in [4.69, 9.17) is 9.05 Å². The minimum atomic E-state index is -4.18. The number of hydrogen-bond donors (Lipinski definition) is 0. The summed E-state index contributed by atoms with van der Waals surface area (Å²) < 4.78 is 22.1. The third kappa shape index (κ3) is 18.9. The Morgan fingerprint density at radius 3 is 1.07 bits per heavy atom. The van der Waals surface area contributed by atoms with Crippen molar-refractivity contribution in [2.24, 2.45) is 0 Å². The van der Waals surface area contributed by atoms with Crippen molar-refractivity contribution in [2.75, 3.05) is 13.2 Å². The molecule has 0 saturated heterocycles. The molecule has 2 rings (SSSR count). The van der Waals surface area contributed by atoms with Gasteiger partial charge in [-0.1, -0.05) is 114 Å². The predicted octanol–water partition coefficient (Wildman–Crippen LogP) is 6.56. The molecule has 0 atom stereocenters. The minimum Gasteiger partial charge on any atom is -0.756 e. The van der Waals surface area contributed by atoms with Crippen LogP contribution in [0.2, 0.25) is 0 Å². The van der Waals surface area contributed by atoms with Crippen LogP contribution in [0.3, 0.4) is 0 Å². The average molecular weight is 581 g/mol. The van der Waals surface area contributed by atoms with Crippen LogP contribution in [0.1, 0.15) is 126 Å². The fraction of sp³-hybridized carbons (Fsp3) is 0.647. The number of benzene rings is 2. The summed E-state index contributed by atoms with van der Waals surface area (Å²) in [4.78, 5) is 12.0. The Balaban J connectivity index is 0.00000800. The molecule has 0 heterocycles. The summed E-state index contributed by atoms with van der Waals surface area (Å²) in [6, 6.07) is 18.1. The number of phosphoric ester groups is 1. The van der Waals surface area contributed by atoms with Crippen LogP contribution >= 0.6 is 7.82 Å². The molecule has 0 amide bonds. The summed E-state index contributed by atoms with van der Waals surface area (Å²) >= 11 is 0. The largest absolute Gasteiger partial charge is 1.00 e. The Bertz CT molecular complexity index is 830. The Morgan fingerprint density at radius 1 is 0.500 bits per heavy atom. The Labute approximate surface area is 268 Å². The van der Waals surface area contributed by atoms with Crippen molar-refractivity contribution < 1.29 is 48.1 Å². The second kappa shape index (κ2) is 24.0. The molecular formula is C34H54NaO4P. The summed E-state index contributed by atoms with van der Waals surface area (Å²) in [5.74, 6) is 0. The summed E-state index contributed by atoms with van der Waals surface area (Å²) in [7, 11) is -4.18. The van der Waals surface area contributed by atoms with E-state index in [2.05, 4.69) is 62.4 Å². The topological polar surface area (TPSA) is 58.6 Å². The van der Waals surface area contributed by atoms with Crippen molar-refractivity contribution in [1.82, 2.24) is 0 Å². The maximum absolute atomic E-state index is 12.0. The quantitative estimate of drug-likeness (QED) is 0.0801. The molecule has 0 unspecified atom stereocenters. The average Bonchev–Trinajstić information content (AvgIpc) is 2.94. The molecule has 2 aromatic carbocycles. The smallest absolute Gasteiger partial charge is 0.756 e. The molecule has 4 nitrogen and oxygen atoms in total. The molecule has 40 heavy (non-hydrogen) atoms.